The van der Waals surface area contributed by atoms with Gasteiger partial charge in [-0.3, -0.25) is 4.90 Å². The zero-order valence-corrected chi connectivity index (χ0v) is 14.0. The Kier molecular flexibility index (Phi) is 4.51. The van der Waals surface area contributed by atoms with Gasteiger partial charge in [0.2, 0.25) is 0 Å². The molecule has 0 spiro atoms. The zero-order chi connectivity index (χ0) is 15.0. The van der Waals surface area contributed by atoms with Crippen LogP contribution in [-0.2, 0) is 4.74 Å². The highest BCUT2D eigenvalue weighted by Gasteiger charge is 2.47. The van der Waals surface area contributed by atoms with Crippen molar-refractivity contribution in [1.29, 1.82) is 0 Å². The third-order valence-electron chi connectivity index (χ3n) is 5.77. The minimum atomic E-state index is -0.0588. The molecule has 4 nitrogen and oxygen atoms in total. The van der Waals surface area contributed by atoms with Crippen LogP contribution < -0.4 is 5.73 Å². The van der Waals surface area contributed by atoms with Crippen molar-refractivity contribution in [1.82, 2.24) is 9.80 Å². The third-order valence-corrected chi connectivity index (χ3v) is 5.77. The second-order valence-electron chi connectivity index (χ2n) is 7.79. The molecule has 1 aliphatic heterocycles. The minimum absolute atomic E-state index is 0.0588. The highest BCUT2D eigenvalue weighted by Crippen LogP contribution is 2.41. The first-order chi connectivity index (χ1) is 9.25. The highest BCUT2D eigenvalue weighted by molar-refractivity contribution is 5.04. The van der Waals surface area contributed by atoms with Crippen molar-refractivity contribution >= 4 is 0 Å². The fourth-order valence-electron chi connectivity index (χ4n) is 4.05. The maximum absolute atomic E-state index is 6.20. The Morgan fingerprint density at radius 1 is 1.05 bits per heavy atom. The summed E-state index contributed by atoms with van der Waals surface area (Å²) >= 11 is 0. The molecule has 0 amide bonds. The maximum Gasteiger partial charge on any atom is 0.0644 e. The summed E-state index contributed by atoms with van der Waals surface area (Å²) in [7, 11) is 6.70. The van der Waals surface area contributed by atoms with Crippen LogP contribution >= 0.6 is 0 Å². The first-order valence-electron chi connectivity index (χ1n) is 7.98. The molecular formula is C16H33N3O. The molecule has 2 fully saturated rings. The molecule has 2 aliphatic rings. The average Bonchev–Trinajstić information content (AvgIpc) is 2.31. The van der Waals surface area contributed by atoms with Gasteiger partial charge in [0.1, 0.15) is 0 Å². The van der Waals surface area contributed by atoms with E-state index in [1.807, 2.05) is 0 Å². The minimum Gasteiger partial charge on any atom is -0.375 e. The second-order valence-corrected chi connectivity index (χ2v) is 7.79. The molecule has 1 heterocycles. The largest absolute Gasteiger partial charge is 0.375 e. The molecule has 0 aromatic heterocycles. The van der Waals surface area contributed by atoms with Crippen molar-refractivity contribution < 1.29 is 4.74 Å². The van der Waals surface area contributed by atoms with E-state index in [2.05, 4.69) is 44.8 Å². The fraction of sp³-hybridized carbons (Fsp3) is 1.00. The Labute approximate surface area is 124 Å². The molecule has 0 aromatic rings. The van der Waals surface area contributed by atoms with Crippen LogP contribution in [0.4, 0.5) is 0 Å². The molecule has 0 bridgehead atoms. The fourth-order valence-corrected chi connectivity index (χ4v) is 4.05. The number of hydrogen-bond acceptors (Lipinski definition) is 4. The summed E-state index contributed by atoms with van der Waals surface area (Å²) in [6.07, 6.45) is 6.05. The van der Waals surface area contributed by atoms with Crippen LogP contribution in [0, 0.1) is 0 Å². The zero-order valence-electron chi connectivity index (χ0n) is 14.0. The molecule has 2 N–H and O–H groups in total. The van der Waals surface area contributed by atoms with E-state index in [4.69, 9.17) is 10.5 Å². The third kappa shape index (κ3) is 2.89. The Morgan fingerprint density at radius 2 is 1.70 bits per heavy atom. The Balaban J connectivity index is 2.11. The number of nitrogens with two attached hydrogens (primary N) is 1. The maximum atomic E-state index is 6.20. The van der Waals surface area contributed by atoms with E-state index in [9.17, 15) is 0 Å². The molecule has 1 saturated carbocycles. The number of hydrogen-bond donors (Lipinski definition) is 1. The Hall–Kier alpha value is -0.160. The molecule has 1 aliphatic carbocycles. The van der Waals surface area contributed by atoms with E-state index < -0.39 is 0 Å². The molecule has 1 unspecified atom stereocenters. The second kappa shape index (κ2) is 5.56. The number of nitrogens with zero attached hydrogens (tertiary/aromatic N) is 2. The average molecular weight is 283 g/mol. The highest BCUT2D eigenvalue weighted by atomic mass is 16.5. The smallest absolute Gasteiger partial charge is 0.0644 e. The molecule has 4 heteroatoms. The number of ether oxygens (including phenoxy) is 1. The van der Waals surface area contributed by atoms with Gasteiger partial charge in [0.15, 0.2) is 0 Å². The number of rotatable bonds is 5. The van der Waals surface area contributed by atoms with Gasteiger partial charge in [-0.05, 0) is 67.1 Å². The summed E-state index contributed by atoms with van der Waals surface area (Å²) in [5.74, 6) is 0. The van der Waals surface area contributed by atoms with Crippen molar-refractivity contribution in [2.45, 2.75) is 62.6 Å². The SMILES string of the molecule is CN(C)C1(CN(C)C2(CN)CCOC(C)(C)C2)CCC1. The number of likely N-dealkylation sites (N-methyl/N-ethyl adjacent to an activating group) is 2. The van der Waals surface area contributed by atoms with Crippen LogP contribution in [-0.4, -0.2) is 67.3 Å². The van der Waals surface area contributed by atoms with Gasteiger partial charge in [-0.2, -0.15) is 0 Å². The van der Waals surface area contributed by atoms with E-state index in [0.717, 1.165) is 32.5 Å². The molecule has 0 radical (unpaired) electrons. The summed E-state index contributed by atoms with van der Waals surface area (Å²) in [5, 5.41) is 0. The molecule has 20 heavy (non-hydrogen) atoms. The van der Waals surface area contributed by atoms with E-state index in [0.29, 0.717) is 5.54 Å². The summed E-state index contributed by atoms with van der Waals surface area (Å²) in [6.45, 7) is 7.04. The Bertz CT molecular complexity index is 339. The monoisotopic (exact) mass is 283 g/mol. The van der Waals surface area contributed by atoms with Crippen LogP contribution in [0.2, 0.25) is 0 Å². The van der Waals surface area contributed by atoms with Crippen molar-refractivity contribution in [3.8, 4) is 0 Å². The van der Waals surface area contributed by atoms with Crippen LogP contribution in [0.25, 0.3) is 0 Å². The van der Waals surface area contributed by atoms with Gasteiger partial charge in [0, 0.05) is 30.8 Å². The van der Waals surface area contributed by atoms with Gasteiger partial charge < -0.3 is 15.4 Å². The molecule has 0 aromatic carbocycles. The lowest BCUT2D eigenvalue weighted by molar-refractivity contribution is -0.123. The van der Waals surface area contributed by atoms with E-state index >= 15 is 0 Å². The van der Waals surface area contributed by atoms with Crippen LogP contribution in [0.5, 0.6) is 0 Å². The van der Waals surface area contributed by atoms with Gasteiger partial charge in [-0.1, -0.05) is 0 Å². The first kappa shape index (κ1) is 16.2. The van der Waals surface area contributed by atoms with Gasteiger partial charge >= 0.3 is 0 Å². The van der Waals surface area contributed by atoms with Crippen molar-refractivity contribution in [2.75, 3.05) is 40.8 Å². The lowest BCUT2D eigenvalue weighted by Crippen LogP contribution is -2.65. The molecular weight excluding hydrogens is 250 g/mol. The predicted octanol–water partition coefficient (Wildman–Crippen LogP) is 1.69. The van der Waals surface area contributed by atoms with Crippen LogP contribution in [0.3, 0.4) is 0 Å². The standard InChI is InChI=1S/C16H33N3O/c1-14(2)11-16(12-17,9-10-20-14)19(5)13-15(18(3)4)7-6-8-15/h6-13,17H2,1-5H3. The molecule has 118 valence electrons. The van der Waals surface area contributed by atoms with Crippen molar-refractivity contribution in [3.05, 3.63) is 0 Å². The van der Waals surface area contributed by atoms with Crippen molar-refractivity contribution in [3.63, 3.8) is 0 Å². The van der Waals surface area contributed by atoms with E-state index in [1.54, 1.807) is 0 Å². The van der Waals surface area contributed by atoms with Gasteiger partial charge in [0.05, 0.1) is 5.60 Å². The van der Waals surface area contributed by atoms with Gasteiger partial charge in [0.25, 0.3) is 0 Å². The first-order valence-corrected chi connectivity index (χ1v) is 7.98. The van der Waals surface area contributed by atoms with Crippen molar-refractivity contribution in [2.24, 2.45) is 5.73 Å². The Morgan fingerprint density at radius 3 is 2.10 bits per heavy atom. The summed E-state index contributed by atoms with van der Waals surface area (Å²) in [4.78, 5) is 4.96. The van der Waals surface area contributed by atoms with E-state index in [-0.39, 0.29) is 11.1 Å². The van der Waals surface area contributed by atoms with Crippen LogP contribution in [0.1, 0.15) is 46.0 Å². The van der Waals surface area contributed by atoms with Gasteiger partial charge in [-0.25, -0.2) is 0 Å². The molecule has 1 saturated heterocycles. The predicted molar refractivity (Wildman–Crippen MR) is 83.9 cm³/mol. The topological polar surface area (TPSA) is 41.7 Å². The summed E-state index contributed by atoms with van der Waals surface area (Å²) in [5.41, 5.74) is 6.60. The normalized spacial score (nSPS) is 32.4. The molecule has 1 atom stereocenters. The van der Waals surface area contributed by atoms with E-state index in [1.165, 1.54) is 19.3 Å². The molecule has 2 rings (SSSR count). The summed E-state index contributed by atoms with van der Waals surface area (Å²) in [6, 6.07) is 0. The quantitative estimate of drug-likeness (QED) is 0.834. The summed E-state index contributed by atoms with van der Waals surface area (Å²) < 4.78 is 5.90. The van der Waals surface area contributed by atoms with Crippen LogP contribution in [0.15, 0.2) is 0 Å². The lowest BCUT2D eigenvalue weighted by atomic mass is 9.73. The van der Waals surface area contributed by atoms with Gasteiger partial charge in [-0.15, -0.1) is 0 Å². The lowest BCUT2D eigenvalue weighted by Gasteiger charge is -2.55.